The summed E-state index contributed by atoms with van der Waals surface area (Å²) in [6, 6.07) is 12.3. The molecule has 3 amide bonds. The highest BCUT2D eigenvalue weighted by atomic mass is 16.7. The van der Waals surface area contributed by atoms with Crippen LogP contribution in [0.25, 0.3) is 0 Å². The van der Waals surface area contributed by atoms with Gasteiger partial charge in [-0.25, -0.2) is 4.79 Å². The lowest BCUT2D eigenvalue weighted by atomic mass is 10.1. The topological polar surface area (TPSA) is 89.1 Å². The van der Waals surface area contributed by atoms with E-state index in [2.05, 4.69) is 10.6 Å². The number of hydrogen-bond acceptors (Lipinski definition) is 5. The number of carbonyl (C=O) groups is 2. The van der Waals surface area contributed by atoms with Crippen molar-refractivity contribution in [2.45, 2.75) is 13.3 Å². The second-order valence-corrected chi connectivity index (χ2v) is 6.90. The molecule has 1 fully saturated rings. The first-order chi connectivity index (χ1) is 14.1. The molecule has 0 aromatic heterocycles. The number of rotatable bonds is 6. The fourth-order valence-corrected chi connectivity index (χ4v) is 3.43. The summed E-state index contributed by atoms with van der Waals surface area (Å²) < 4.78 is 16.1. The van der Waals surface area contributed by atoms with Gasteiger partial charge < -0.3 is 29.7 Å². The van der Waals surface area contributed by atoms with Gasteiger partial charge in [0.15, 0.2) is 11.5 Å². The fourth-order valence-electron chi connectivity index (χ4n) is 3.43. The zero-order valence-corrected chi connectivity index (χ0v) is 16.1. The molecule has 1 atom stereocenters. The van der Waals surface area contributed by atoms with Gasteiger partial charge in [-0.1, -0.05) is 0 Å². The Morgan fingerprint density at radius 1 is 1.17 bits per heavy atom. The zero-order chi connectivity index (χ0) is 20.2. The normalized spacial score (nSPS) is 17.3. The summed E-state index contributed by atoms with van der Waals surface area (Å²) in [5, 5.41) is 5.63. The van der Waals surface area contributed by atoms with Crippen LogP contribution in [-0.2, 0) is 4.79 Å². The summed E-state index contributed by atoms with van der Waals surface area (Å²) in [6.45, 7) is 3.66. The first-order valence-electron chi connectivity index (χ1n) is 9.60. The van der Waals surface area contributed by atoms with Gasteiger partial charge in [0.2, 0.25) is 12.7 Å². The number of ether oxygens (including phenoxy) is 3. The van der Waals surface area contributed by atoms with Crippen molar-refractivity contribution in [2.24, 2.45) is 5.92 Å². The molecule has 0 unspecified atom stereocenters. The van der Waals surface area contributed by atoms with E-state index in [4.69, 9.17) is 14.2 Å². The molecule has 2 aliphatic rings. The quantitative estimate of drug-likeness (QED) is 0.782. The molecule has 2 aromatic rings. The summed E-state index contributed by atoms with van der Waals surface area (Å²) in [4.78, 5) is 26.3. The molecule has 2 aliphatic heterocycles. The van der Waals surface area contributed by atoms with Gasteiger partial charge >= 0.3 is 6.03 Å². The van der Waals surface area contributed by atoms with Crippen LogP contribution in [0.4, 0.5) is 16.2 Å². The summed E-state index contributed by atoms with van der Waals surface area (Å²) in [5.41, 5.74) is 1.45. The molecule has 8 nitrogen and oxygen atoms in total. The van der Waals surface area contributed by atoms with Crippen molar-refractivity contribution >= 4 is 23.3 Å². The molecular formula is C21H23N3O5. The van der Waals surface area contributed by atoms with Crippen molar-refractivity contribution in [1.29, 1.82) is 0 Å². The second kappa shape index (κ2) is 8.30. The largest absolute Gasteiger partial charge is 0.494 e. The Balaban J connectivity index is 1.28. The van der Waals surface area contributed by atoms with Gasteiger partial charge in [0, 0.05) is 42.9 Å². The fraction of sp³-hybridized carbons (Fsp3) is 0.333. The maximum Gasteiger partial charge on any atom is 0.319 e. The minimum absolute atomic E-state index is 0.0302. The van der Waals surface area contributed by atoms with E-state index in [0.29, 0.717) is 43.3 Å². The first kappa shape index (κ1) is 18.9. The number of fused-ring (bicyclic) bond motifs is 1. The Labute approximate surface area is 168 Å². The first-order valence-corrected chi connectivity index (χ1v) is 9.60. The lowest BCUT2D eigenvalue weighted by Gasteiger charge is -2.17. The van der Waals surface area contributed by atoms with Crippen LogP contribution in [0.15, 0.2) is 42.5 Å². The lowest BCUT2D eigenvalue weighted by molar-refractivity contribution is -0.117. The molecule has 2 N–H and O–H groups in total. The summed E-state index contributed by atoms with van der Waals surface area (Å²) in [7, 11) is 0. The highest BCUT2D eigenvalue weighted by Gasteiger charge is 2.31. The van der Waals surface area contributed by atoms with E-state index in [1.807, 2.05) is 19.1 Å². The third-order valence-electron chi connectivity index (χ3n) is 4.85. The molecule has 1 saturated heterocycles. The van der Waals surface area contributed by atoms with Crippen molar-refractivity contribution < 1.29 is 23.8 Å². The van der Waals surface area contributed by atoms with E-state index in [9.17, 15) is 9.59 Å². The number of nitrogens with zero attached hydrogens (tertiary/aromatic N) is 1. The Morgan fingerprint density at radius 2 is 1.97 bits per heavy atom. The van der Waals surface area contributed by atoms with E-state index in [1.54, 1.807) is 35.2 Å². The van der Waals surface area contributed by atoms with Crippen molar-refractivity contribution in [2.75, 3.05) is 36.7 Å². The van der Waals surface area contributed by atoms with Crippen LogP contribution in [0, 0.1) is 5.92 Å². The molecule has 2 aromatic carbocycles. The summed E-state index contributed by atoms with van der Waals surface area (Å²) in [5.74, 6) is 2.16. The van der Waals surface area contributed by atoms with Crippen LogP contribution in [0.3, 0.4) is 0 Å². The smallest absolute Gasteiger partial charge is 0.319 e. The number of carbonyl (C=O) groups excluding carboxylic acids is 2. The standard InChI is InChI=1S/C21H23N3O5/c1-2-27-17-6-3-15(4-7-17)23-21(26)22-11-14-9-20(25)24(12-14)16-5-8-18-19(10-16)29-13-28-18/h3-8,10,14H,2,9,11-13H2,1H3,(H2,22,23,26)/t14-/m1/s1. The maximum absolute atomic E-state index is 12.4. The molecule has 8 heteroatoms. The third-order valence-corrected chi connectivity index (χ3v) is 4.85. The van der Waals surface area contributed by atoms with Crippen LogP contribution in [0.1, 0.15) is 13.3 Å². The predicted molar refractivity (Wildman–Crippen MR) is 108 cm³/mol. The van der Waals surface area contributed by atoms with Gasteiger partial charge in [-0.2, -0.15) is 0 Å². The van der Waals surface area contributed by atoms with E-state index in [1.165, 1.54) is 0 Å². The van der Waals surface area contributed by atoms with Gasteiger partial charge in [-0.05, 0) is 43.3 Å². The van der Waals surface area contributed by atoms with E-state index >= 15 is 0 Å². The molecule has 29 heavy (non-hydrogen) atoms. The number of hydrogen-bond donors (Lipinski definition) is 2. The van der Waals surface area contributed by atoms with Gasteiger partial charge in [-0.3, -0.25) is 4.79 Å². The average molecular weight is 397 g/mol. The lowest BCUT2D eigenvalue weighted by Crippen LogP contribution is -2.34. The Hall–Kier alpha value is -3.42. The number of anilines is 2. The zero-order valence-electron chi connectivity index (χ0n) is 16.1. The molecule has 152 valence electrons. The monoisotopic (exact) mass is 397 g/mol. The van der Waals surface area contributed by atoms with Gasteiger partial charge in [0.1, 0.15) is 5.75 Å². The van der Waals surface area contributed by atoms with E-state index in [-0.39, 0.29) is 24.6 Å². The third kappa shape index (κ3) is 4.37. The molecular weight excluding hydrogens is 374 g/mol. The van der Waals surface area contributed by atoms with Crippen LogP contribution in [-0.4, -0.2) is 38.4 Å². The minimum Gasteiger partial charge on any atom is -0.494 e. The highest BCUT2D eigenvalue weighted by molar-refractivity contribution is 5.96. The second-order valence-electron chi connectivity index (χ2n) is 6.90. The SMILES string of the molecule is CCOc1ccc(NC(=O)NC[C@H]2CC(=O)N(c3ccc4c(c3)OCO4)C2)cc1. The molecule has 0 spiro atoms. The maximum atomic E-state index is 12.4. The number of amides is 3. The predicted octanol–water partition coefficient (Wildman–Crippen LogP) is 2.99. The minimum atomic E-state index is -0.303. The Kier molecular flexibility index (Phi) is 5.41. The Morgan fingerprint density at radius 3 is 2.76 bits per heavy atom. The average Bonchev–Trinajstić information content (AvgIpc) is 3.33. The van der Waals surface area contributed by atoms with Gasteiger partial charge in [0.05, 0.1) is 6.61 Å². The number of nitrogens with one attached hydrogen (secondary N) is 2. The molecule has 0 saturated carbocycles. The van der Waals surface area contributed by atoms with Crippen LogP contribution < -0.4 is 29.7 Å². The molecule has 0 radical (unpaired) electrons. The van der Waals surface area contributed by atoms with Crippen molar-refractivity contribution in [1.82, 2.24) is 5.32 Å². The molecule has 2 heterocycles. The van der Waals surface area contributed by atoms with Crippen LogP contribution >= 0.6 is 0 Å². The van der Waals surface area contributed by atoms with Gasteiger partial charge in [0.25, 0.3) is 0 Å². The van der Waals surface area contributed by atoms with Crippen molar-refractivity contribution in [3.8, 4) is 17.2 Å². The van der Waals surface area contributed by atoms with E-state index < -0.39 is 0 Å². The Bertz CT molecular complexity index is 900. The van der Waals surface area contributed by atoms with Crippen LogP contribution in [0.5, 0.6) is 17.2 Å². The number of benzene rings is 2. The number of urea groups is 1. The summed E-state index contributed by atoms with van der Waals surface area (Å²) >= 11 is 0. The van der Waals surface area contributed by atoms with Gasteiger partial charge in [-0.15, -0.1) is 0 Å². The van der Waals surface area contributed by atoms with Crippen LogP contribution in [0.2, 0.25) is 0 Å². The molecule has 0 bridgehead atoms. The summed E-state index contributed by atoms with van der Waals surface area (Å²) in [6.07, 6.45) is 0.387. The molecule has 4 rings (SSSR count). The van der Waals surface area contributed by atoms with Crippen molar-refractivity contribution in [3.63, 3.8) is 0 Å². The highest BCUT2D eigenvalue weighted by Crippen LogP contribution is 2.37. The molecule has 0 aliphatic carbocycles. The van der Waals surface area contributed by atoms with E-state index in [0.717, 1.165) is 11.4 Å². The van der Waals surface area contributed by atoms with Crippen molar-refractivity contribution in [3.05, 3.63) is 42.5 Å².